The number of amides is 4. The number of fused-ring (bicyclic) bond motifs is 10. The Balaban J connectivity index is 1.27. The van der Waals surface area contributed by atoms with Crippen LogP contribution < -0.4 is 9.80 Å². The predicted octanol–water partition coefficient (Wildman–Crippen LogP) is 2.62. The molecule has 1 aromatic rings. The van der Waals surface area contributed by atoms with Crippen molar-refractivity contribution in [3.8, 4) is 0 Å². The van der Waals surface area contributed by atoms with E-state index in [9.17, 15) is 19.2 Å². The molecular weight excluding hydrogens is 392 g/mol. The van der Waals surface area contributed by atoms with Crippen LogP contribution in [-0.2, 0) is 19.2 Å². The van der Waals surface area contributed by atoms with Crippen LogP contribution in [0.15, 0.2) is 42.5 Å². The normalized spacial score (nSPS) is 41.3. The quantitative estimate of drug-likeness (QED) is 0.551. The van der Waals surface area contributed by atoms with Crippen LogP contribution in [0, 0.1) is 54.3 Å². The fourth-order valence-corrected chi connectivity index (χ4v) is 7.27. The molecule has 6 nitrogen and oxygen atoms in total. The monoisotopic (exact) mass is 414 g/mol. The maximum atomic E-state index is 13.3. The Bertz CT molecular complexity index is 1110. The molecule has 7 rings (SSSR count). The largest absolute Gasteiger partial charge is 0.274 e. The average Bonchev–Trinajstić information content (AvgIpc) is 3.57. The van der Waals surface area contributed by atoms with Crippen LogP contribution in [0.1, 0.15) is 18.4 Å². The van der Waals surface area contributed by atoms with E-state index in [2.05, 4.69) is 24.3 Å². The summed E-state index contributed by atoms with van der Waals surface area (Å²) in [4.78, 5) is 55.6. The van der Waals surface area contributed by atoms with E-state index in [1.165, 1.54) is 9.80 Å². The van der Waals surface area contributed by atoms with Crippen LogP contribution in [0.3, 0.4) is 0 Å². The van der Waals surface area contributed by atoms with Gasteiger partial charge in [-0.2, -0.15) is 0 Å². The zero-order chi connectivity index (χ0) is 21.2. The maximum Gasteiger partial charge on any atom is 0.238 e. The van der Waals surface area contributed by atoms with Crippen LogP contribution in [0.2, 0.25) is 0 Å². The van der Waals surface area contributed by atoms with E-state index in [-0.39, 0.29) is 71.0 Å². The van der Waals surface area contributed by atoms with Crippen molar-refractivity contribution in [2.45, 2.75) is 19.8 Å². The summed E-state index contributed by atoms with van der Waals surface area (Å²) < 4.78 is 0. The summed E-state index contributed by atoms with van der Waals surface area (Å²) in [7, 11) is 0. The van der Waals surface area contributed by atoms with Crippen LogP contribution in [0.25, 0.3) is 0 Å². The Labute approximate surface area is 179 Å². The second kappa shape index (κ2) is 5.61. The molecule has 4 fully saturated rings. The van der Waals surface area contributed by atoms with Crippen molar-refractivity contribution >= 4 is 35.0 Å². The molecule has 2 aliphatic heterocycles. The molecule has 4 amide bonds. The third-order valence-electron chi connectivity index (χ3n) is 8.63. The van der Waals surface area contributed by atoms with Gasteiger partial charge < -0.3 is 0 Å². The summed E-state index contributed by atoms with van der Waals surface area (Å²) in [6.45, 7) is 1.85. The molecule has 2 saturated heterocycles. The molecule has 31 heavy (non-hydrogen) atoms. The summed E-state index contributed by atoms with van der Waals surface area (Å²) in [5.74, 6) is -1.13. The van der Waals surface area contributed by atoms with Gasteiger partial charge in [0.15, 0.2) is 0 Å². The first-order chi connectivity index (χ1) is 15.0. The third-order valence-corrected chi connectivity index (χ3v) is 8.63. The van der Waals surface area contributed by atoms with E-state index < -0.39 is 0 Å². The highest BCUT2D eigenvalue weighted by molar-refractivity contribution is 6.25. The van der Waals surface area contributed by atoms with Gasteiger partial charge in [-0.15, -0.1) is 0 Å². The number of anilines is 2. The first-order valence-corrected chi connectivity index (χ1v) is 11.2. The average molecular weight is 414 g/mol. The summed E-state index contributed by atoms with van der Waals surface area (Å²) in [6, 6.07) is 5.24. The predicted molar refractivity (Wildman–Crippen MR) is 112 cm³/mol. The van der Waals surface area contributed by atoms with Gasteiger partial charge in [0.1, 0.15) is 0 Å². The number of hydrogen-bond donors (Lipinski definition) is 0. The summed E-state index contributed by atoms with van der Waals surface area (Å²) in [5, 5.41) is 0. The van der Waals surface area contributed by atoms with Crippen molar-refractivity contribution in [3.05, 3.63) is 48.1 Å². The molecule has 0 radical (unpaired) electrons. The number of aryl methyl sites for hydroxylation is 1. The van der Waals surface area contributed by atoms with Gasteiger partial charge in [0, 0.05) is 0 Å². The van der Waals surface area contributed by atoms with Gasteiger partial charge in [0.05, 0.1) is 35.0 Å². The number of carbonyl (C=O) groups is 4. The molecule has 1 aromatic carbocycles. The van der Waals surface area contributed by atoms with Crippen LogP contribution in [0.4, 0.5) is 11.4 Å². The molecule has 8 atom stereocenters. The zero-order valence-corrected chi connectivity index (χ0v) is 17.1. The van der Waals surface area contributed by atoms with E-state index in [1.807, 2.05) is 6.92 Å². The molecule has 2 heterocycles. The summed E-state index contributed by atoms with van der Waals surface area (Å²) in [5.41, 5.74) is 1.75. The molecule has 4 aliphatic carbocycles. The molecule has 2 saturated carbocycles. The number of rotatable bonds is 2. The Morgan fingerprint density at radius 3 is 1.52 bits per heavy atom. The molecule has 0 spiro atoms. The molecule has 4 bridgehead atoms. The zero-order valence-electron chi connectivity index (χ0n) is 17.1. The number of imide groups is 2. The van der Waals surface area contributed by atoms with Crippen molar-refractivity contribution in [2.24, 2.45) is 47.3 Å². The fraction of sp³-hybridized carbons (Fsp3) is 0.440. The van der Waals surface area contributed by atoms with Gasteiger partial charge in [-0.05, 0) is 61.1 Å². The summed E-state index contributed by atoms with van der Waals surface area (Å²) in [6.07, 6.45) is 10.1. The lowest BCUT2D eigenvalue weighted by Gasteiger charge is -2.23. The Kier molecular flexibility index (Phi) is 3.19. The van der Waals surface area contributed by atoms with Crippen molar-refractivity contribution < 1.29 is 19.2 Å². The SMILES string of the molecule is Cc1ccc(N2C(=O)C3C4C=CC(C4)C3C2=O)cc1N1C(=O)C2C3C=CC(C3)C2C1=O. The highest BCUT2D eigenvalue weighted by atomic mass is 16.2. The van der Waals surface area contributed by atoms with Gasteiger partial charge in [0.25, 0.3) is 0 Å². The topological polar surface area (TPSA) is 74.8 Å². The molecule has 6 heteroatoms. The minimum Gasteiger partial charge on any atom is -0.274 e. The number of nitrogens with zero attached hydrogens (tertiary/aromatic N) is 2. The second-order valence-corrected chi connectivity index (χ2v) is 9.99. The Hall–Kier alpha value is -3.02. The van der Waals surface area contributed by atoms with Gasteiger partial charge in [-0.25, -0.2) is 9.80 Å². The van der Waals surface area contributed by atoms with Crippen molar-refractivity contribution in [2.75, 3.05) is 9.80 Å². The van der Waals surface area contributed by atoms with Crippen molar-refractivity contribution in [1.29, 1.82) is 0 Å². The van der Waals surface area contributed by atoms with Gasteiger partial charge >= 0.3 is 0 Å². The number of carbonyl (C=O) groups excluding carboxylic acids is 4. The number of hydrogen-bond acceptors (Lipinski definition) is 4. The first kappa shape index (κ1) is 17.6. The van der Waals surface area contributed by atoms with E-state index >= 15 is 0 Å². The minimum absolute atomic E-state index is 0.143. The van der Waals surface area contributed by atoms with Crippen molar-refractivity contribution in [3.63, 3.8) is 0 Å². The molecule has 8 unspecified atom stereocenters. The second-order valence-electron chi connectivity index (χ2n) is 9.99. The van der Waals surface area contributed by atoms with Gasteiger partial charge in [-0.1, -0.05) is 30.4 Å². The van der Waals surface area contributed by atoms with Crippen LogP contribution in [0.5, 0.6) is 0 Å². The lowest BCUT2D eigenvalue weighted by atomic mass is 9.85. The summed E-state index contributed by atoms with van der Waals surface area (Å²) >= 11 is 0. The molecule has 0 aromatic heterocycles. The smallest absolute Gasteiger partial charge is 0.238 e. The molecular formula is C25H22N2O4. The van der Waals surface area contributed by atoms with E-state index in [1.54, 1.807) is 18.2 Å². The Morgan fingerprint density at radius 1 is 0.645 bits per heavy atom. The first-order valence-electron chi connectivity index (χ1n) is 11.2. The van der Waals surface area contributed by atoms with Gasteiger partial charge in [-0.3, -0.25) is 19.2 Å². The van der Waals surface area contributed by atoms with E-state index in [0.29, 0.717) is 11.4 Å². The number of allylic oxidation sites excluding steroid dienone is 4. The van der Waals surface area contributed by atoms with Crippen LogP contribution >= 0.6 is 0 Å². The highest BCUT2D eigenvalue weighted by Crippen LogP contribution is 2.55. The fourth-order valence-electron chi connectivity index (χ4n) is 7.27. The highest BCUT2D eigenvalue weighted by Gasteiger charge is 2.61. The van der Waals surface area contributed by atoms with Crippen molar-refractivity contribution in [1.82, 2.24) is 0 Å². The molecule has 6 aliphatic rings. The lowest BCUT2D eigenvalue weighted by molar-refractivity contribution is -0.124. The minimum atomic E-state index is -0.276. The lowest BCUT2D eigenvalue weighted by Crippen LogP contribution is -2.35. The maximum absolute atomic E-state index is 13.3. The standard InChI is InChI=1S/C25H22N2O4/c1-11-2-7-16(26-22(28)18-12-3-4-13(8-12)19(18)23(26)29)10-17(11)27-24(30)20-14-5-6-15(9-14)21(20)25(27)31/h2-7,10,12-15,18-21H,8-9H2,1H3. The van der Waals surface area contributed by atoms with Gasteiger partial charge in [0.2, 0.25) is 23.6 Å². The molecule has 156 valence electrons. The molecule has 0 N–H and O–H groups in total. The Morgan fingerprint density at radius 2 is 1.06 bits per heavy atom. The van der Waals surface area contributed by atoms with E-state index in [0.717, 1.165) is 18.4 Å². The van der Waals surface area contributed by atoms with Crippen LogP contribution in [-0.4, -0.2) is 23.6 Å². The third kappa shape index (κ3) is 1.99. The van der Waals surface area contributed by atoms with E-state index in [4.69, 9.17) is 0 Å². The number of benzene rings is 1.